The minimum Gasteiger partial charge on any atom is -0.449 e. The van der Waals surface area contributed by atoms with Crippen LogP contribution in [-0.4, -0.2) is 41.8 Å². The third-order valence-electron chi connectivity index (χ3n) is 9.23. The van der Waals surface area contributed by atoms with Gasteiger partial charge < -0.3 is 9.72 Å². The second-order valence-electron chi connectivity index (χ2n) is 13.1. The van der Waals surface area contributed by atoms with E-state index in [2.05, 4.69) is 15.2 Å². The van der Waals surface area contributed by atoms with Crippen molar-refractivity contribution >= 4 is 51.1 Å². The molecule has 0 aliphatic carbocycles. The molecule has 0 radical (unpaired) electrons. The summed E-state index contributed by atoms with van der Waals surface area (Å²) >= 11 is 12.0. The molecule has 4 aromatic carbocycles. The van der Waals surface area contributed by atoms with E-state index < -0.39 is 41.5 Å². The fourth-order valence-corrected chi connectivity index (χ4v) is 6.89. The van der Waals surface area contributed by atoms with E-state index in [1.807, 2.05) is 0 Å². The number of ether oxygens (including phenoxy) is 1. The Morgan fingerprint density at radius 2 is 1.19 bits per heavy atom. The molecular formula is C41H28Cl2F8N6O2. The van der Waals surface area contributed by atoms with Crippen molar-refractivity contribution in [3.8, 4) is 45.0 Å². The van der Waals surface area contributed by atoms with Gasteiger partial charge in [-0.05, 0) is 91.9 Å². The molecule has 0 unspecified atom stereocenters. The number of rotatable bonds is 5. The van der Waals surface area contributed by atoms with Crippen LogP contribution < -0.4 is 0 Å². The zero-order valence-corrected chi connectivity index (χ0v) is 32.3. The molecule has 8 nitrogen and oxygen atoms in total. The molecule has 4 aromatic heterocycles. The Morgan fingerprint density at radius 3 is 1.73 bits per heavy atom. The van der Waals surface area contributed by atoms with Crippen LogP contribution in [0.25, 0.3) is 66.8 Å². The highest BCUT2D eigenvalue weighted by atomic mass is 35.5. The lowest BCUT2D eigenvalue weighted by molar-refractivity contribution is -0.142. The van der Waals surface area contributed by atoms with Gasteiger partial charge >= 0.3 is 18.4 Å². The zero-order chi connectivity index (χ0) is 42.6. The highest BCUT2D eigenvalue weighted by Crippen LogP contribution is 2.37. The van der Waals surface area contributed by atoms with Gasteiger partial charge in [0.2, 0.25) is 0 Å². The SMILES string of the molecule is CCOC(=O)n1c(-c2cc(Cl)ccc2F)cc2cc(-c3cc(C(F)(F)F)nn3C)ccc21.Cn1nc(C(F)(F)F)cc1-c1ccc2[nH]c(-c3cc(Cl)ccc3F)cc2c1. The van der Waals surface area contributed by atoms with Crippen LogP contribution in [0.2, 0.25) is 10.0 Å². The van der Waals surface area contributed by atoms with E-state index in [-0.39, 0.29) is 28.6 Å². The van der Waals surface area contributed by atoms with Gasteiger partial charge in [0.05, 0.1) is 29.2 Å². The molecule has 0 aliphatic heterocycles. The topological polar surface area (TPSA) is 82.7 Å². The summed E-state index contributed by atoms with van der Waals surface area (Å²) in [6.07, 6.45) is -9.81. The van der Waals surface area contributed by atoms with Gasteiger partial charge in [0, 0.05) is 68.4 Å². The van der Waals surface area contributed by atoms with Gasteiger partial charge in [0.15, 0.2) is 11.4 Å². The number of alkyl halides is 6. The fourth-order valence-electron chi connectivity index (χ4n) is 6.54. The van der Waals surface area contributed by atoms with Crippen LogP contribution in [0.4, 0.5) is 39.9 Å². The predicted octanol–water partition coefficient (Wildman–Crippen LogP) is 12.6. The summed E-state index contributed by atoms with van der Waals surface area (Å²) in [7, 11) is 2.87. The Morgan fingerprint density at radius 1 is 0.661 bits per heavy atom. The molecule has 18 heteroatoms. The Hall–Kier alpha value is -6.13. The van der Waals surface area contributed by atoms with E-state index in [1.165, 1.54) is 59.7 Å². The van der Waals surface area contributed by atoms with Gasteiger partial charge in [-0.15, -0.1) is 0 Å². The molecule has 8 aromatic rings. The van der Waals surface area contributed by atoms with Gasteiger partial charge in [-0.25, -0.2) is 18.1 Å². The molecular weight excluding hydrogens is 831 g/mol. The van der Waals surface area contributed by atoms with E-state index in [4.69, 9.17) is 27.9 Å². The minimum atomic E-state index is -4.58. The predicted molar refractivity (Wildman–Crippen MR) is 208 cm³/mol. The van der Waals surface area contributed by atoms with E-state index >= 15 is 0 Å². The summed E-state index contributed by atoms with van der Waals surface area (Å²) in [6.45, 7) is 1.74. The first-order valence-corrected chi connectivity index (χ1v) is 18.2. The average Bonchev–Trinajstić information content (AvgIpc) is 3.96. The van der Waals surface area contributed by atoms with Gasteiger partial charge in [-0.2, -0.15) is 36.5 Å². The maximum Gasteiger partial charge on any atom is 0.435 e. The number of nitrogens with zero attached hydrogens (tertiary/aromatic N) is 5. The second-order valence-corrected chi connectivity index (χ2v) is 14.0. The first-order valence-electron chi connectivity index (χ1n) is 17.4. The maximum absolute atomic E-state index is 14.6. The van der Waals surface area contributed by atoms with Crippen molar-refractivity contribution in [1.82, 2.24) is 29.1 Å². The van der Waals surface area contributed by atoms with E-state index in [1.54, 1.807) is 55.5 Å². The van der Waals surface area contributed by atoms with Crippen LogP contribution in [0.3, 0.4) is 0 Å². The number of halogens is 10. The number of benzene rings is 4. The normalized spacial score (nSPS) is 11.9. The van der Waals surface area contributed by atoms with Crippen LogP contribution in [0.1, 0.15) is 18.3 Å². The summed E-state index contributed by atoms with van der Waals surface area (Å²) in [5.41, 5.74) is 1.90. The van der Waals surface area contributed by atoms with Crippen LogP contribution >= 0.6 is 23.2 Å². The summed E-state index contributed by atoms with van der Waals surface area (Å²) in [5, 5.41) is 8.97. The number of aryl methyl sites for hydroxylation is 2. The van der Waals surface area contributed by atoms with Gasteiger partial charge in [-0.3, -0.25) is 9.36 Å². The molecule has 0 bridgehead atoms. The smallest absolute Gasteiger partial charge is 0.435 e. The minimum absolute atomic E-state index is 0.0863. The molecule has 0 saturated heterocycles. The number of hydrogen-bond donors (Lipinski definition) is 1. The summed E-state index contributed by atoms with van der Waals surface area (Å²) in [6, 6.07) is 23.3. The van der Waals surface area contributed by atoms with Gasteiger partial charge in [0.25, 0.3) is 0 Å². The van der Waals surface area contributed by atoms with Gasteiger partial charge in [-0.1, -0.05) is 35.3 Å². The van der Waals surface area contributed by atoms with Crippen molar-refractivity contribution < 1.29 is 44.7 Å². The van der Waals surface area contributed by atoms with Crippen molar-refractivity contribution in [3.63, 3.8) is 0 Å². The standard InChI is InChI=1S/C22H16ClF4N3O2.C19H12ClF4N3/c1-3-32-21(31)30-17-7-4-12(18-11-20(22(25,26)27)28-29(18)2)8-13(17)9-19(30)15-10-14(23)5-6-16(15)24;1-27-17(9-18(26-27)19(22,23)24)10-2-5-15-11(6-10)7-16(25-15)13-8-12(20)3-4-14(13)21/h4-11H,3H2,1-2H3;2-9,25H,1H3. The van der Waals surface area contributed by atoms with Crippen molar-refractivity contribution in [1.29, 1.82) is 0 Å². The highest BCUT2D eigenvalue weighted by Gasteiger charge is 2.36. The lowest BCUT2D eigenvalue weighted by atomic mass is 10.1. The summed E-state index contributed by atoms with van der Waals surface area (Å²) < 4.78 is 115. The van der Waals surface area contributed by atoms with Crippen molar-refractivity contribution in [2.75, 3.05) is 6.61 Å². The number of hydrogen-bond acceptors (Lipinski definition) is 4. The molecule has 0 amide bonds. The molecule has 0 fully saturated rings. The monoisotopic (exact) mass is 858 g/mol. The van der Waals surface area contributed by atoms with Crippen molar-refractivity contribution in [2.24, 2.45) is 14.1 Å². The zero-order valence-electron chi connectivity index (χ0n) is 30.8. The average molecular weight is 860 g/mol. The molecule has 304 valence electrons. The molecule has 0 aliphatic rings. The Kier molecular flexibility index (Phi) is 10.8. The van der Waals surface area contributed by atoms with Crippen LogP contribution in [-0.2, 0) is 31.2 Å². The number of aromatic nitrogens is 6. The Bertz CT molecular complexity index is 2890. The molecule has 8 rings (SSSR count). The maximum atomic E-state index is 14.6. The molecule has 0 saturated carbocycles. The fraction of sp³-hybridized carbons (Fsp3) is 0.146. The highest BCUT2D eigenvalue weighted by molar-refractivity contribution is 6.31. The van der Waals surface area contributed by atoms with Crippen molar-refractivity contribution in [2.45, 2.75) is 19.3 Å². The lowest BCUT2D eigenvalue weighted by Gasteiger charge is -2.10. The van der Waals surface area contributed by atoms with E-state index in [0.717, 1.165) is 27.7 Å². The molecule has 0 spiro atoms. The first-order chi connectivity index (χ1) is 27.8. The lowest BCUT2D eigenvalue weighted by Crippen LogP contribution is -2.14. The third-order valence-corrected chi connectivity index (χ3v) is 9.70. The Labute approximate surface area is 339 Å². The van der Waals surface area contributed by atoms with Crippen molar-refractivity contribution in [3.05, 3.63) is 130 Å². The number of carbonyl (C=O) groups excluding carboxylic acids is 1. The second kappa shape index (κ2) is 15.6. The summed E-state index contributed by atoms with van der Waals surface area (Å²) in [4.78, 5) is 15.8. The largest absolute Gasteiger partial charge is 0.449 e. The number of H-pyrrole nitrogens is 1. The number of aromatic amines is 1. The van der Waals surface area contributed by atoms with E-state index in [9.17, 15) is 39.9 Å². The number of fused-ring (bicyclic) bond motifs is 2. The molecule has 4 heterocycles. The number of carbonyl (C=O) groups is 1. The van der Waals surface area contributed by atoms with Crippen LogP contribution in [0.15, 0.2) is 97.1 Å². The third kappa shape index (κ3) is 8.27. The van der Waals surface area contributed by atoms with Crippen LogP contribution in [0.5, 0.6) is 0 Å². The summed E-state index contributed by atoms with van der Waals surface area (Å²) in [5.74, 6) is -1.02. The number of nitrogens with one attached hydrogen (secondary N) is 1. The van der Waals surface area contributed by atoms with Gasteiger partial charge in [0.1, 0.15) is 11.6 Å². The first kappa shape index (κ1) is 41.0. The molecule has 1 N–H and O–H groups in total. The Balaban J connectivity index is 0.000000181. The molecule has 59 heavy (non-hydrogen) atoms. The van der Waals surface area contributed by atoms with Crippen LogP contribution in [0, 0.1) is 11.6 Å². The molecule has 0 atom stereocenters. The van der Waals surface area contributed by atoms with E-state index in [0.29, 0.717) is 44.0 Å². The quantitative estimate of drug-likeness (QED) is 0.175.